The van der Waals surface area contributed by atoms with E-state index in [1.807, 2.05) is 19.0 Å². The van der Waals surface area contributed by atoms with Crippen molar-refractivity contribution in [3.8, 4) is 0 Å². The van der Waals surface area contributed by atoms with Gasteiger partial charge in [-0.3, -0.25) is 4.79 Å². The highest BCUT2D eigenvalue weighted by atomic mass is 35.5. The average Bonchev–Trinajstić information content (AvgIpc) is 2.44. The van der Waals surface area contributed by atoms with Crippen LogP contribution in [0.4, 0.5) is 5.69 Å². The summed E-state index contributed by atoms with van der Waals surface area (Å²) in [5.74, 6) is 0. The first-order valence-corrected chi connectivity index (χ1v) is 7.33. The standard InChI is InChI=1S/C13H22ClN5O/c1-18(2)7-8-19-13(20)12(14)11(9-16-19)17-10-3-5-15-6-4-10/h9-10,15,17H,3-8H2,1-2H3. The van der Waals surface area contributed by atoms with Gasteiger partial charge >= 0.3 is 0 Å². The number of nitrogens with zero attached hydrogens (tertiary/aromatic N) is 3. The number of likely N-dealkylation sites (N-methyl/N-ethyl adjacent to an activating group) is 1. The molecular formula is C13H22ClN5O. The number of rotatable bonds is 5. The third kappa shape index (κ3) is 3.94. The van der Waals surface area contributed by atoms with Gasteiger partial charge in [-0.15, -0.1) is 0 Å². The maximum Gasteiger partial charge on any atom is 0.287 e. The van der Waals surface area contributed by atoms with Crippen LogP contribution in [0.3, 0.4) is 0 Å². The average molecular weight is 300 g/mol. The second-order valence-electron chi connectivity index (χ2n) is 5.37. The van der Waals surface area contributed by atoms with Crippen molar-refractivity contribution in [2.75, 3.05) is 39.0 Å². The second kappa shape index (κ2) is 7.06. The number of aromatic nitrogens is 2. The largest absolute Gasteiger partial charge is 0.380 e. The molecule has 2 rings (SSSR count). The Morgan fingerprint density at radius 3 is 2.85 bits per heavy atom. The van der Waals surface area contributed by atoms with Crippen LogP contribution in [0.2, 0.25) is 5.02 Å². The van der Waals surface area contributed by atoms with Gasteiger partial charge in [-0.05, 0) is 40.0 Å². The molecule has 0 aromatic carbocycles. The fourth-order valence-electron chi connectivity index (χ4n) is 2.21. The Labute approximate surface area is 124 Å². The lowest BCUT2D eigenvalue weighted by molar-refractivity contribution is 0.367. The van der Waals surface area contributed by atoms with Crippen molar-refractivity contribution >= 4 is 17.3 Å². The molecule has 1 saturated heterocycles. The van der Waals surface area contributed by atoms with Gasteiger partial charge in [0.2, 0.25) is 0 Å². The van der Waals surface area contributed by atoms with Gasteiger partial charge in [0, 0.05) is 12.6 Å². The number of piperidine rings is 1. The smallest absolute Gasteiger partial charge is 0.287 e. The van der Waals surface area contributed by atoms with E-state index in [1.54, 1.807) is 6.20 Å². The lowest BCUT2D eigenvalue weighted by Gasteiger charge is -2.25. The topological polar surface area (TPSA) is 62.2 Å². The summed E-state index contributed by atoms with van der Waals surface area (Å²) >= 11 is 6.17. The number of hydrogen-bond donors (Lipinski definition) is 2. The van der Waals surface area contributed by atoms with Crippen LogP contribution in [0, 0.1) is 0 Å². The highest BCUT2D eigenvalue weighted by Gasteiger charge is 2.16. The molecule has 112 valence electrons. The summed E-state index contributed by atoms with van der Waals surface area (Å²) in [6.45, 7) is 3.27. The molecule has 2 heterocycles. The molecule has 7 heteroatoms. The molecule has 1 aliphatic heterocycles. The van der Waals surface area contributed by atoms with Crippen LogP contribution >= 0.6 is 11.6 Å². The first-order chi connectivity index (χ1) is 9.58. The summed E-state index contributed by atoms with van der Waals surface area (Å²) in [7, 11) is 3.92. The molecule has 0 atom stereocenters. The number of hydrogen-bond acceptors (Lipinski definition) is 5. The van der Waals surface area contributed by atoms with E-state index in [2.05, 4.69) is 15.7 Å². The van der Waals surface area contributed by atoms with E-state index >= 15 is 0 Å². The van der Waals surface area contributed by atoms with Gasteiger partial charge in [0.05, 0.1) is 18.4 Å². The Hall–Kier alpha value is -1.11. The van der Waals surface area contributed by atoms with Gasteiger partial charge in [-0.1, -0.05) is 11.6 Å². The van der Waals surface area contributed by atoms with Crippen LogP contribution < -0.4 is 16.2 Å². The van der Waals surface area contributed by atoms with Crippen LogP contribution in [-0.2, 0) is 6.54 Å². The van der Waals surface area contributed by atoms with Gasteiger partial charge in [-0.25, -0.2) is 4.68 Å². The van der Waals surface area contributed by atoms with Crippen molar-refractivity contribution in [2.45, 2.75) is 25.4 Å². The second-order valence-corrected chi connectivity index (χ2v) is 5.75. The van der Waals surface area contributed by atoms with E-state index in [1.165, 1.54) is 4.68 Å². The predicted molar refractivity (Wildman–Crippen MR) is 81.6 cm³/mol. The fourth-order valence-corrected chi connectivity index (χ4v) is 2.41. The minimum Gasteiger partial charge on any atom is -0.380 e. The molecule has 0 spiro atoms. The van der Waals surface area contributed by atoms with Gasteiger partial charge in [0.25, 0.3) is 5.56 Å². The Morgan fingerprint density at radius 2 is 2.20 bits per heavy atom. The lowest BCUT2D eigenvalue weighted by atomic mass is 10.1. The summed E-state index contributed by atoms with van der Waals surface area (Å²) in [5, 5.41) is 11.1. The van der Waals surface area contributed by atoms with E-state index in [4.69, 9.17) is 11.6 Å². The lowest BCUT2D eigenvalue weighted by Crippen LogP contribution is -2.36. The molecule has 0 radical (unpaired) electrons. The highest BCUT2D eigenvalue weighted by Crippen LogP contribution is 2.18. The first kappa shape index (κ1) is 15.3. The Kier molecular flexibility index (Phi) is 5.39. The van der Waals surface area contributed by atoms with E-state index in [9.17, 15) is 4.79 Å². The Morgan fingerprint density at radius 1 is 1.50 bits per heavy atom. The summed E-state index contributed by atoms with van der Waals surface area (Å²) in [6.07, 6.45) is 3.71. The number of nitrogens with one attached hydrogen (secondary N) is 2. The van der Waals surface area contributed by atoms with Crippen molar-refractivity contribution in [2.24, 2.45) is 0 Å². The molecule has 0 bridgehead atoms. The minimum absolute atomic E-state index is 0.229. The van der Waals surface area contributed by atoms with Crippen LogP contribution in [0.25, 0.3) is 0 Å². The molecule has 2 N–H and O–H groups in total. The normalized spacial score (nSPS) is 16.6. The predicted octanol–water partition coefficient (Wildman–Crippen LogP) is 0.622. The maximum atomic E-state index is 12.1. The molecular weight excluding hydrogens is 278 g/mol. The zero-order chi connectivity index (χ0) is 14.5. The molecule has 0 aliphatic carbocycles. The van der Waals surface area contributed by atoms with Crippen molar-refractivity contribution in [3.63, 3.8) is 0 Å². The van der Waals surface area contributed by atoms with Gasteiger partial charge in [0.1, 0.15) is 5.02 Å². The third-order valence-corrected chi connectivity index (χ3v) is 3.81. The van der Waals surface area contributed by atoms with Crippen molar-refractivity contribution < 1.29 is 0 Å². The Balaban J connectivity index is 2.07. The monoisotopic (exact) mass is 299 g/mol. The summed E-state index contributed by atoms with van der Waals surface area (Å²) in [5.41, 5.74) is 0.414. The fraction of sp³-hybridized carbons (Fsp3) is 0.692. The van der Waals surface area contributed by atoms with E-state index < -0.39 is 0 Å². The summed E-state index contributed by atoms with van der Waals surface area (Å²) in [6, 6.07) is 0.354. The molecule has 1 aliphatic rings. The molecule has 1 aromatic rings. The maximum absolute atomic E-state index is 12.1. The molecule has 0 amide bonds. The van der Waals surface area contributed by atoms with Crippen LogP contribution in [0.5, 0.6) is 0 Å². The van der Waals surface area contributed by atoms with Crippen molar-refractivity contribution in [3.05, 3.63) is 21.6 Å². The number of halogens is 1. The Bertz CT molecular complexity index is 496. The zero-order valence-corrected chi connectivity index (χ0v) is 12.8. The quantitative estimate of drug-likeness (QED) is 0.835. The zero-order valence-electron chi connectivity index (χ0n) is 12.0. The first-order valence-electron chi connectivity index (χ1n) is 6.95. The van der Waals surface area contributed by atoms with Gasteiger partial charge in [0.15, 0.2) is 0 Å². The highest BCUT2D eigenvalue weighted by molar-refractivity contribution is 6.32. The molecule has 0 saturated carbocycles. The molecule has 1 fully saturated rings. The van der Waals surface area contributed by atoms with Crippen LogP contribution in [-0.4, -0.2) is 54.5 Å². The van der Waals surface area contributed by atoms with E-state index in [-0.39, 0.29) is 10.6 Å². The third-order valence-electron chi connectivity index (χ3n) is 3.44. The van der Waals surface area contributed by atoms with Crippen LogP contribution in [0.15, 0.2) is 11.0 Å². The van der Waals surface area contributed by atoms with Crippen molar-refractivity contribution in [1.29, 1.82) is 0 Å². The molecule has 6 nitrogen and oxygen atoms in total. The summed E-state index contributed by atoms with van der Waals surface area (Å²) in [4.78, 5) is 14.1. The molecule has 0 unspecified atom stereocenters. The number of anilines is 1. The minimum atomic E-state index is -0.229. The van der Waals surface area contributed by atoms with E-state index in [0.717, 1.165) is 32.5 Å². The molecule has 20 heavy (non-hydrogen) atoms. The molecule has 1 aromatic heterocycles. The van der Waals surface area contributed by atoms with Crippen molar-refractivity contribution in [1.82, 2.24) is 20.0 Å². The van der Waals surface area contributed by atoms with Gasteiger partial charge in [-0.2, -0.15) is 5.10 Å². The SMILES string of the molecule is CN(C)CCn1ncc(NC2CCNCC2)c(Cl)c1=O. The van der Waals surface area contributed by atoms with E-state index in [0.29, 0.717) is 18.3 Å². The summed E-state index contributed by atoms with van der Waals surface area (Å²) < 4.78 is 1.41. The van der Waals surface area contributed by atoms with Gasteiger partial charge < -0.3 is 15.5 Å². The van der Waals surface area contributed by atoms with Crippen LogP contribution in [0.1, 0.15) is 12.8 Å².